The second-order valence-corrected chi connectivity index (χ2v) is 9.87. The first-order valence-corrected chi connectivity index (χ1v) is 11.6. The van der Waals surface area contributed by atoms with Gasteiger partial charge in [-0.1, -0.05) is 24.6 Å². The lowest BCUT2D eigenvalue weighted by molar-refractivity contribution is 0.0798. The van der Waals surface area contributed by atoms with Crippen LogP contribution >= 0.6 is 11.6 Å². The average Bonchev–Trinajstić information content (AvgIpc) is 3.25. The number of aryl methyl sites for hydroxylation is 1. The summed E-state index contributed by atoms with van der Waals surface area (Å²) in [5, 5.41) is 5.93. The lowest BCUT2D eigenvalue weighted by Gasteiger charge is -2.30. The third kappa shape index (κ3) is 3.51. The molecule has 2 aromatic carbocycles. The van der Waals surface area contributed by atoms with Crippen LogP contribution in [0.3, 0.4) is 0 Å². The summed E-state index contributed by atoms with van der Waals surface area (Å²) < 4.78 is 53.0. The Morgan fingerprint density at radius 2 is 1.94 bits per heavy atom. The van der Waals surface area contributed by atoms with E-state index in [1.54, 1.807) is 19.9 Å². The Labute approximate surface area is 193 Å². The van der Waals surface area contributed by atoms with Crippen molar-refractivity contribution in [2.45, 2.75) is 37.6 Å². The Hall–Kier alpha value is -3.18. The van der Waals surface area contributed by atoms with Gasteiger partial charge in [0.25, 0.3) is 15.9 Å². The summed E-state index contributed by atoms with van der Waals surface area (Å²) in [5.74, 6) is -3.98. The van der Waals surface area contributed by atoms with E-state index < -0.39 is 39.5 Å². The van der Waals surface area contributed by atoms with Crippen molar-refractivity contribution in [3.05, 3.63) is 73.8 Å². The molecule has 33 heavy (non-hydrogen) atoms. The molecule has 4 rings (SSSR count). The summed E-state index contributed by atoms with van der Waals surface area (Å²) >= 11 is 6.06. The number of ether oxygens (including phenoxy) is 1. The van der Waals surface area contributed by atoms with Gasteiger partial charge in [-0.25, -0.2) is 27.0 Å². The van der Waals surface area contributed by atoms with E-state index >= 15 is 0 Å². The molecule has 1 aliphatic heterocycles. The van der Waals surface area contributed by atoms with Crippen molar-refractivity contribution in [3.8, 4) is 5.75 Å². The zero-order valence-electron chi connectivity index (χ0n) is 18.0. The van der Waals surface area contributed by atoms with E-state index in [0.717, 1.165) is 5.56 Å². The fraction of sp³-hybridized carbons (Fsp3) is 0.286. The summed E-state index contributed by atoms with van der Waals surface area (Å²) in [5.41, 5.74) is 1.27. The van der Waals surface area contributed by atoms with Crippen molar-refractivity contribution >= 4 is 27.5 Å². The Morgan fingerprint density at radius 3 is 2.55 bits per heavy atom. The molecule has 1 aliphatic rings. The van der Waals surface area contributed by atoms with Gasteiger partial charge in [0.2, 0.25) is 5.89 Å². The largest absolute Gasteiger partial charge is 0.495 e. The van der Waals surface area contributed by atoms with E-state index in [2.05, 4.69) is 10.2 Å². The highest BCUT2D eigenvalue weighted by molar-refractivity contribution is 7.90. The lowest BCUT2D eigenvalue weighted by Crippen LogP contribution is -2.37. The monoisotopic (exact) mass is 495 g/mol. The van der Waals surface area contributed by atoms with Crippen LogP contribution in [0.1, 0.15) is 51.8 Å². The molecule has 0 unspecified atom stereocenters. The van der Waals surface area contributed by atoms with Gasteiger partial charge in [-0.15, -0.1) is 5.10 Å². The van der Waals surface area contributed by atoms with Gasteiger partial charge < -0.3 is 9.15 Å². The minimum atomic E-state index is -4.52. The normalized spacial score (nSPS) is 16.5. The van der Waals surface area contributed by atoms with Crippen LogP contribution in [-0.4, -0.2) is 35.9 Å². The van der Waals surface area contributed by atoms with E-state index in [4.69, 9.17) is 20.8 Å². The van der Waals surface area contributed by atoms with Gasteiger partial charge in [0.05, 0.1) is 12.7 Å². The van der Waals surface area contributed by atoms with Crippen LogP contribution < -0.4 is 10.5 Å². The number of amides is 1. The van der Waals surface area contributed by atoms with Crippen molar-refractivity contribution in [1.29, 1.82) is 0 Å². The summed E-state index contributed by atoms with van der Waals surface area (Å²) in [4.78, 5) is 24.7. The maximum atomic E-state index is 15.0. The molecular formula is C21H19ClFN3O6S. The van der Waals surface area contributed by atoms with Gasteiger partial charge in [-0.2, -0.15) is 0 Å². The molecule has 0 fully saturated rings. The van der Waals surface area contributed by atoms with Crippen LogP contribution in [0.25, 0.3) is 0 Å². The van der Waals surface area contributed by atoms with Crippen molar-refractivity contribution in [3.63, 3.8) is 0 Å². The number of carbonyl (C=O) groups is 1. The average molecular weight is 496 g/mol. The van der Waals surface area contributed by atoms with Gasteiger partial charge in [-0.3, -0.25) is 4.79 Å². The van der Waals surface area contributed by atoms with E-state index in [0.29, 0.717) is 9.87 Å². The van der Waals surface area contributed by atoms with Gasteiger partial charge in [0.15, 0.2) is 0 Å². The number of benzene rings is 2. The Bertz CT molecular complexity index is 1450. The van der Waals surface area contributed by atoms with Gasteiger partial charge in [0.1, 0.15) is 22.5 Å². The topological polar surface area (TPSA) is 123 Å². The van der Waals surface area contributed by atoms with Crippen molar-refractivity contribution < 1.29 is 26.8 Å². The molecule has 0 radical (unpaired) electrons. The fourth-order valence-electron chi connectivity index (χ4n) is 4.15. The number of H-pyrrole nitrogens is 1. The predicted octanol–water partition coefficient (Wildman–Crippen LogP) is 3.47. The highest BCUT2D eigenvalue weighted by Crippen LogP contribution is 2.47. The lowest BCUT2D eigenvalue weighted by atomic mass is 9.87. The smallest absolute Gasteiger partial charge is 0.434 e. The molecular weight excluding hydrogens is 477 g/mol. The number of fused-ring (bicyclic) bond motifs is 1. The van der Waals surface area contributed by atoms with Gasteiger partial charge in [0, 0.05) is 17.0 Å². The Morgan fingerprint density at radius 1 is 1.24 bits per heavy atom. The van der Waals surface area contributed by atoms with Crippen molar-refractivity contribution in [2.75, 3.05) is 7.11 Å². The SMILES string of the molecule is COc1cc(Cl)cc2c1S(=O)(=O)N([C@H](c1n[nH]c(=O)o1)[C@H](C)c1c(F)ccc(C)c1C)C2=O. The molecule has 2 heterocycles. The number of halogens is 2. The summed E-state index contributed by atoms with van der Waals surface area (Å²) in [7, 11) is -3.28. The number of nitrogens with one attached hydrogen (secondary N) is 1. The molecule has 0 saturated carbocycles. The van der Waals surface area contributed by atoms with Gasteiger partial charge >= 0.3 is 5.76 Å². The molecule has 1 amide bonds. The first kappa shape index (κ1) is 23.0. The van der Waals surface area contributed by atoms with E-state index in [1.807, 2.05) is 0 Å². The molecule has 1 N–H and O–H groups in total. The molecule has 9 nitrogen and oxygen atoms in total. The summed E-state index contributed by atoms with van der Waals surface area (Å²) in [6.45, 7) is 4.98. The van der Waals surface area contributed by atoms with Crippen molar-refractivity contribution in [1.82, 2.24) is 14.5 Å². The first-order valence-electron chi connectivity index (χ1n) is 9.76. The third-order valence-corrected chi connectivity index (χ3v) is 7.87. The number of carbonyl (C=O) groups excluding carboxylic acids is 1. The number of hydrogen-bond donors (Lipinski definition) is 1. The van der Waals surface area contributed by atoms with Crippen LogP contribution in [-0.2, 0) is 10.0 Å². The van der Waals surface area contributed by atoms with E-state index in [9.17, 15) is 22.4 Å². The molecule has 0 saturated heterocycles. The van der Waals surface area contributed by atoms with Crippen LogP contribution in [0.5, 0.6) is 5.75 Å². The summed E-state index contributed by atoms with van der Waals surface area (Å²) in [6.07, 6.45) is 0. The zero-order valence-corrected chi connectivity index (χ0v) is 19.5. The fourth-order valence-corrected chi connectivity index (χ4v) is 6.27. The number of rotatable bonds is 5. The number of methoxy groups -OCH3 is 1. The number of sulfonamides is 1. The second-order valence-electron chi connectivity index (χ2n) is 7.68. The van der Waals surface area contributed by atoms with Crippen LogP contribution in [0.15, 0.2) is 38.4 Å². The number of nitrogens with zero attached hydrogens (tertiary/aromatic N) is 2. The minimum absolute atomic E-state index is 0.0903. The van der Waals surface area contributed by atoms with E-state index in [1.165, 1.54) is 32.2 Å². The maximum Gasteiger partial charge on any atom is 0.434 e. The van der Waals surface area contributed by atoms with Crippen molar-refractivity contribution in [2.24, 2.45) is 0 Å². The molecule has 1 aromatic heterocycles. The molecule has 2 atom stereocenters. The van der Waals surface area contributed by atoms with Crippen LogP contribution in [0.2, 0.25) is 5.02 Å². The zero-order chi connectivity index (χ0) is 24.2. The third-order valence-electron chi connectivity index (χ3n) is 5.81. The molecule has 0 spiro atoms. The first-order chi connectivity index (χ1) is 15.5. The molecule has 0 bridgehead atoms. The molecule has 12 heteroatoms. The Kier molecular flexibility index (Phi) is 5.57. The molecule has 3 aromatic rings. The quantitative estimate of drug-likeness (QED) is 0.575. The molecule has 174 valence electrons. The Balaban J connectivity index is 1.98. The predicted molar refractivity (Wildman–Crippen MR) is 116 cm³/mol. The molecule has 0 aliphatic carbocycles. The highest BCUT2D eigenvalue weighted by atomic mass is 35.5. The van der Waals surface area contributed by atoms with Gasteiger partial charge in [-0.05, 0) is 42.7 Å². The van der Waals surface area contributed by atoms with Crippen LogP contribution in [0, 0.1) is 19.7 Å². The number of aromatic amines is 1. The van der Waals surface area contributed by atoms with Crippen LogP contribution in [0.4, 0.5) is 4.39 Å². The second kappa shape index (κ2) is 7.99. The summed E-state index contributed by atoms with van der Waals surface area (Å²) in [6, 6.07) is 3.84. The number of hydrogen-bond acceptors (Lipinski definition) is 7. The number of aromatic nitrogens is 2. The van der Waals surface area contributed by atoms with E-state index in [-0.39, 0.29) is 32.7 Å². The minimum Gasteiger partial charge on any atom is -0.495 e. The highest BCUT2D eigenvalue weighted by Gasteiger charge is 2.51. The maximum absolute atomic E-state index is 15.0. The standard InChI is InChI=1S/C21H19ClFN3O6S/c1-9-5-6-14(23)16(10(9)2)11(3)17(19-24-25-21(28)32-19)26-20(27)13-7-12(22)8-15(31-4)18(13)33(26,29)30/h5-8,11,17H,1-4H3,(H,25,28)/t11-,17+/m1/s1.